The van der Waals surface area contributed by atoms with Gasteiger partial charge in [-0.2, -0.15) is 0 Å². The number of hydrogen-bond acceptors (Lipinski definition) is 4. The summed E-state index contributed by atoms with van der Waals surface area (Å²) in [6.07, 6.45) is 4.51. The van der Waals surface area contributed by atoms with E-state index in [1.807, 2.05) is 6.07 Å². The fourth-order valence-corrected chi connectivity index (χ4v) is 4.08. The van der Waals surface area contributed by atoms with Gasteiger partial charge in [0.15, 0.2) is 0 Å². The van der Waals surface area contributed by atoms with Crippen molar-refractivity contribution < 1.29 is 19.4 Å². The summed E-state index contributed by atoms with van der Waals surface area (Å²) in [6, 6.07) is 4.85. The Kier molecular flexibility index (Phi) is 3.81. The minimum absolute atomic E-state index is 0.00620. The number of anilines is 1. The molecule has 2 atom stereocenters. The Hall–Kier alpha value is -2.04. The van der Waals surface area contributed by atoms with Gasteiger partial charge in [-0.05, 0) is 36.5 Å². The number of carbonyl (C=O) groups excluding carboxylic acids is 1. The van der Waals surface area contributed by atoms with Gasteiger partial charge in [-0.15, -0.1) is 0 Å². The third-order valence-electron chi connectivity index (χ3n) is 5.11. The fourth-order valence-electron chi connectivity index (χ4n) is 4.08. The zero-order valence-corrected chi connectivity index (χ0v) is 12.9. The molecule has 1 aromatic carbocycles. The Morgan fingerprint density at radius 3 is 2.55 bits per heavy atom. The van der Waals surface area contributed by atoms with Crippen molar-refractivity contribution in [2.45, 2.75) is 37.6 Å². The molecule has 1 heterocycles. The number of carbonyl (C=O) groups is 2. The second-order valence-electron chi connectivity index (χ2n) is 6.23. The Morgan fingerprint density at radius 1 is 1.27 bits per heavy atom. The summed E-state index contributed by atoms with van der Waals surface area (Å²) in [5.41, 5.74) is 2.35. The van der Waals surface area contributed by atoms with E-state index in [1.54, 1.807) is 24.1 Å². The number of likely N-dealkylation sites (N-methyl/N-ethyl adjacent to an activating group) is 1. The molecule has 5 heteroatoms. The summed E-state index contributed by atoms with van der Waals surface area (Å²) in [5.74, 6) is -0.775. The lowest BCUT2D eigenvalue weighted by Gasteiger charge is -2.26. The van der Waals surface area contributed by atoms with Gasteiger partial charge in [0, 0.05) is 18.7 Å². The number of nitrogens with zero attached hydrogens (tertiary/aromatic N) is 1. The molecule has 0 bridgehead atoms. The molecule has 1 saturated carbocycles. The lowest BCUT2D eigenvalue weighted by Crippen LogP contribution is -2.40. The van der Waals surface area contributed by atoms with Crippen molar-refractivity contribution in [2.75, 3.05) is 19.1 Å². The summed E-state index contributed by atoms with van der Waals surface area (Å²) in [7, 11) is 3.15. The summed E-state index contributed by atoms with van der Waals surface area (Å²) in [5, 5.41) is 9.68. The van der Waals surface area contributed by atoms with Crippen molar-refractivity contribution in [2.24, 2.45) is 5.92 Å². The highest BCUT2D eigenvalue weighted by molar-refractivity contribution is 5.92. The number of aliphatic carboxylic acids is 1. The predicted octanol–water partition coefficient (Wildman–Crippen LogP) is 2.65. The molecular formula is C17H21NO4. The van der Waals surface area contributed by atoms with Crippen molar-refractivity contribution in [1.29, 1.82) is 0 Å². The lowest BCUT2D eigenvalue weighted by atomic mass is 9.81. The smallest absolute Gasteiger partial charge is 0.337 e. The third kappa shape index (κ3) is 2.25. The molecule has 118 valence electrons. The molecule has 3 rings (SSSR count). The van der Waals surface area contributed by atoms with Gasteiger partial charge in [0.2, 0.25) is 0 Å². The number of ether oxygens (including phenoxy) is 1. The van der Waals surface area contributed by atoms with Crippen molar-refractivity contribution in [1.82, 2.24) is 0 Å². The van der Waals surface area contributed by atoms with Gasteiger partial charge in [-0.3, -0.25) is 0 Å². The highest BCUT2D eigenvalue weighted by Gasteiger charge is 2.45. The molecule has 0 spiro atoms. The minimum atomic E-state index is -0.796. The van der Waals surface area contributed by atoms with Crippen LogP contribution in [0.4, 0.5) is 5.69 Å². The van der Waals surface area contributed by atoms with E-state index in [-0.39, 0.29) is 5.92 Å². The van der Waals surface area contributed by atoms with E-state index in [4.69, 9.17) is 4.74 Å². The zero-order valence-electron chi connectivity index (χ0n) is 12.9. The van der Waals surface area contributed by atoms with Crippen LogP contribution in [0.3, 0.4) is 0 Å². The average molecular weight is 303 g/mol. The maximum absolute atomic E-state index is 11.8. The highest BCUT2D eigenvalue weighted by Crippen LogP contribution is 2.49. The van der Waals surface area contributed by atoms with E-state index < -0.39 is 18.0 Å². The second kappa shape index (κ2) is 5.63. The molecule has 1 aliphatic heterocycles. The van der Waals surface area contributed by atoms with Crippen LogP contribution >= 0.6 is 0 Å². The fraction of sp³-hybridized carbons (Fsp3) is 0.529. The van der Waals surface area contributed by atoms with Gasteiger partial charge in [0.1, 0.15) is 6.04 Å². The first kappa shape index (κ1) is 14.9. The summed E-state index contributed by atoms with van der Waals surface area (Å²) < 4.78 is 4.76. The topological polar surface area (TPSA) is 66.8 Å². The molecule has 0 amide bonds. The number of fused-ring (bicyclic) bond motifs is 1. The Labute approximate surface area is 129 Å². The monoisotopic (exact) mass is 303 g/mol. The summed E-state index contributed by atoms with van der Waals surface area (Å²) >= 11 is 0. The molecule has 2 unspecified atom stereocenters. The summed E-state index contributed by atoms with van der Waals surface area (Å²) in [6.45, 7) is 0. The van der Waals surface area contributed by atoms with Crippen molar-refractivity contribution in [3.05, 3.63) is 29.3 Å². The van der Waals surface area contributed by atoms with Gasteiger partial charge in [0.25, 0.3) is 0 Å². The van der Waals surface area contributed by atoms with Crippen LogP contribution in [-0.2, 0) is 9.53 Å². The second-order valence-corrected chi connectivity index (χ2v) is 6.23. The quantitative estimate of drug-likeness (QED) is 0.870. The van der Waals surface area contributed by atoms with Crippen LogP contribution in [0, 0.1) is 5.92 Å². The first-order chi connectivity index (χ1) is 10.5. The highest BCUT2D eigenvalue weighted by atomic mass is 16.5. The van der Waals surface area contributed by atoms with Crippen molar-refractivity contribution >= 4 is 17.6 Å². The molecule has 1 fully saturated rings. The van der Waals surface area contributed by atoms with Gasteiger partial charge in [-0.1, -0.05) is 18.9 Å². The number of rotatable bonds is 3. The Morgan fingerprint density at radius 2 is 1.95 bits per heavy atom. The summed E-state index contributed by atoms with van der Waals surface area (Å²) in [4.78, 5) is 25.3. The number of methoxy groups -OCH3 is 1. The molecule has 0 radical (unpaired) electrons. The van der Waals surface area contributed by atoms with E-state index in [0.717, 1.165) is 24.1 Å². The normalized spacial score (nSPS) is 24.4. The van der Waals surface area contributed by atoms with E-state index in [0.29, 0.717) is 11.5 Å². The molecule has 0 saturated heterocycles. The van der Waals surface area contributed by atoms with Crippen LogP contribution < -0.4 is 4.90 Å². The number of hydrogen-bond donors (Lipinski definition) is 1. The standard InChI is InChI=1S/C17H21NO4/c1-18-13-9-11(17(21)22-2)7-8-12(13)14(15(18)16(19)20)10-5-3-4-6-10/h7-10,14-15H,3-6H2,1-2H3,(H,19,20). The number of carboxylic acid groups (broad SMARTS) is 1. The van der Waals surface area contributed by atoms with Crippen molar-refractivity contribution in [3.8, 4) is 0 Å². The molecule has 0 aromatic heterocycles. The van der Waals surface area contributed by atoms with Gasteiger partial charge >= 0.3 is 11.9 Å². The molecule has 5 nitrogen and oxygen atoms in total. The number of esters is 1. The number of carboxylic acids is 1. The van der Waals surface area contributed by atoms with E-state index >= 15 is 0 Å². The van der Waals surface area contributed by atoms with Crippen molar-refractivity contribution in [3.63, 3.8) is 0 Å². The molecular weight excluding hydrogens is 282 g/mol. The van der Waals surface area contributed by atoms with Crippen LogP contribution in [0.25, 0.3) is 0 Å². The van der Waals surface area contributed by atoms with Crippen LogP contribution in [0.1, 0.15) is 47.5 Å². The molecule has 22 heavy (non-hydrogen) atoms. The van der Waals surface area contributed by atoms with Crippen LogP contribution in [0.15, 0.2) is 18.2 Å². The molecule has 1 aliphatic carbocycles. The largest absolute Gasteiger partial charge is 0.480 e. The van der Waals surface area contributed by atoms with E-state index in [9.17, 15) is 14.7 Å². The van der Waals surface area contributed by atoms with Crippen LogP contribution in [0.5, 0.6) is 0 Å². The Balaban J connectivity index is 2.04. The van der Waals surface area contributed by atoms with Crippen LogP contribution in [-0.4, -0.2) is 37.2 Å². The maximum atomic E-state index is 11.8. The molecule has 2 aliphatic rings. The minimum Gasteiger partial charge on any atom is -0.480 e. The van der Waals surface area contributed by atoms with Gasteiger partial charge < -0.3 is 14.7 Å². The maximum Gasteiger partial charge on any atom is 0.337 e. The zero-order chi connectivity index (χ0) is 15.9. The average Bonchev–Trinajstić information content (AvgIpc) is 3.12. The van der Waals surface area contributed by atoms with Gasteiger partial charge in [0.05, 0.1) is 12.7 Å². The van der Waals surface area contributed by atoms with E-state index in [2.05, 4.69) is 0 Å². The third-order valence-corrected chi connectivity index (χ3v) is 5.11. The first-order valence-electron chi connectivity index (χ1n) is 7.72. The SMILES string of the molecule is COC(=O)c1ccc2c(c1)N(C)C(C(=O)O)C2C1CCCC1. The van der Waals surface area contributed by atoms with Crippen LogP contribution in [0.2, 0.25) is 0 Å². The lowest BCUT2D eigenvalue weighted by molar-refractivity contribution is -0.139. The van der Waals surface area contributed by atoms with Gasteiger partial charge in [-0.25, -0.2) is 9.59 Å². The molecule has 1 N–H and O–H groups in total. The Bertz CT molecular complexity index is 607. The molecule has 1 aromatic rings. The number of benzene rings is 1. The predicted molar refractivity (Wildman–Crippen MR) is 82.3 cm³/mol. The van der Waals surface area contributed by atoms with E-state index in [1.165, 1.54) is 20.0 Å². The first-order valence-corrected chi connectivity index (χ1v) is 7.72.